The summed E-state index contributed by atoms with van der Waals surface area (Å²) >= 11 is 0. The third-order valence-electron chi connectivity index (χ3n) is 10.2. The zero-order valence-electron chi connectivity index (χ0n) is 19.3. The Labute approximate surface area is 187 Å². The van der Waals surface area contributed by atoms with E-state index in [1.54, 1.807) is 20.0 Å². The third kappa shape index (κ3) is 2.72. The Hall–Kier alpha value is -1.32. The highest BCUT2D eigenvalue weighted by Gasteiger charge is 2.64. The molecule has 170 valence electrons. The second-order valence-corrected chi connectivity index (χ2v) is 14.0. The molecule has 3 unspecified atom stereocenters. The molecule has 1 N–H and O–H groups in total. The molecule has 5 rings (SSSR count). The van der Waals surface area contributed by atoms with Gasteiger partial charge in [-0.1, -0.05) is 19.8 Å². The van der Waals surface area contributed by atoms with Crippen LogP contribution in [0.4, 0.5) is 0 Å². The van der Waals surface area contributed by atoms with Crippen molar-refractivity contribution in [1.82, 2.24) is 9.19 Å². The first-order valence-corrected chi connectivity index (χ1v) is 13.5. The molecule has 4 aliphatic carbocycles. The van der Waals surface area contributed by atoms with Crippen LogP contribution in [-0.2, 0) is 22.9 Å². The van der Waals surface area contributed by atoms with Crippen molar-refractivity contribution in [2.24, 2.45) is 34.5 Å². The summed E-state index contributed by atoms with van der Waals surface area (Å²) in [5, 5.41) is 15.2. The molecule has 31 heavy (non-hydrogen) atoms. The maximum absolute atomic E-state index is 12.7. The molecule has 0 aromatic carbocycles. The van der Waals surface area contributed by atoms with Crippen molar-refractivity contribution < 1.29 is 13.5 Å². The molecule has 3 saturated carbocycles. The fourth-order valence-corrected chi connectivity index (χ4v) is 9.05. The van der Waals surface area contributed by atoms with E-state index in [1.165, 1.54) is 10.5 Å². The molecular weight excluding hydrogens is 408 g/mol. The summed E-state index contributed by atoms with van der Waals surface area (Å²) in [6.45, 7) is 8.09. The third-order valence-corrected chi connectivity index (χ3v) is 12.1. The molecule has 0 saturated heterocycles. The Kier molecular flexibility index (Phi) is 4.59. The molecule has 0 radical (unpaired) electrons. The smallest absolute Gasteiger partial charge is 0.256 e. The largest absolute Gasteiger partial charge is 0.377 e. The maximum Gasteiger partial charge on any atom is 0.256 e. The number of hydrogen-bond donors (Lipinski definition) is 1. The highest BCUT2D eigenvalue weighted by Crippen LogP contribution is 2.67. The molecule has 1 aromatic heterocycles. The summed E-state index contributed by atoms with van der Waals surface area (Å²) in [6, 6.07) is 0. The van der Waals surface area contributed by atoms with Crippen LogP contribution in [0.1, 0.15) is 77.5 Å². The van der Waals surface area contributed by atoms with Gasteiger partial charge in [0.1, 0.15) is 5.60 Å². The fraction of sp³-hybridized carbons (Fsp3) is 0.800. The van der Waals surface area contributed by atoms with Gasteiger partial charge < -0.3 is 5.11 Å². The number of rotatable bonds is 2. The minimum atomic E-state index is -3.42. The zero-order chi connectivity index (χ0) is 22.4. The van der Waals surface area contributed by atoms with Crippen molar-refractivity contribution in [2.75, 3.05) is 0 Å². The summed E-state index contributed by atoms with van der Waals surface area (Å²) in [5.41, 5.74) is 1.11. The standard InChI is InChI=1S/C25H36N2O3S/c1-6-25(28)12-10-21-19-8-7-18-13-22-17(15-27(26-22)31(29,30)16(2)3)14-23(18,4)20(19)9-11-24(21,25)5/h1,15-16,18-21,28H,7-14H2,2-5H3/t18-,19?,20?,21?,23-,24-,25-/m0/s1. The van der Waals surface area contributed by atoms with Crippen molar-refractivity contribution in [3.05, 3.63) is 17.5 Å². The first-order valence-electron chi connectivity index (χ1n) is 12.0. The topological polar surface area (TPSA) is 72.2 Å². The lowest BCUT2D eigenvalue weighted by molar-refractivity contribution is -0.127. The van der Waals surface area contributed by atoms with Gasteiger partial charge in [0.15, 0.2) is 0 Å². The number of nitrogens with zero attached hydrogens (tertiary/aromatic N) is 2. The van der Waals surface area contributed by atoms with Gasteiger partial charge in [0.25, 0.3) is 10.0 Å². The Morgan fingerprint density at radius 1 is 1.19 bits per heavy atom. The molecule has 5 nitrogen and oxygen atoms in total. The van der Waals surface area contributed by atoms with Crippen LogP contribution in [0.25, 0.3) is 0 Å². The molecule has 1 aromatic rings. The lowest BCUT2D eigenvalue weighted by Crippen LogP contribution is -2.56. The SMILES string of the molecule is C#C[C@]1(O)CCC2C3CC[C@H]4Cc5nn(S(=O)(=O)C(C)C)cc5C[C@]4(C)C3CC[C@@]21C. The quantitative estimate of drug-likeness (QED) is 0.705. The van der Waals surface area contributed by atoms with E-state index in [0.717, 1.165) is 56.2 Å². The van der Waals surface area contributed by atoms with Gasteiger partial charge >= 0.3 is 0 Å². The van der Waals surface area contributed by atoms with E-state index in [0.29, 0.717) is 23.7 Å². The lowest BCUT2D eigenvalue weighted by Gasteiger charge is -2.60. The van der Waals surface area contributed by atoms with E-state index in [2.05, 4.69) is 24.9 Å². The van der Waals surface area contributed by atoms with E-state index in [4.69, 9.17) is 6.42 Å². The summed E-state index contributed by atoms with van der Waals surface area (Å²) in [4.78, 5) is 0. The normalized spacial score (nSPS) is 44.2. The van der Waals surface area contributed by atoms with Gasteiger partial charge in [-0.15, -0.1) is 6.42 Å². The van der Waals surface area contributed by atoms with Crippen LogP contribution in [0.15, 0.2) is 6.20 Å². The molecule has 7 atom stereocenters. The van der Waals surface area contributed by atoms with E-state index < -0.39 is 20.9 Å². The molecule has 0 aliphatic heterocycles. The van der Waals surface area contributed by atoms with Crippen LogP contribution < -0.4 is 0 Å². The highest BCUT2D eigenvalue weighted by molar-refractivity contribution is 7.90. The Morgan fingerprint density at radius 3 is 2.58 bits per heavy atom. The predicted molar refractivity (Wildman–Crippen MR) is 121 cm³/mol. The summed E-state index contributed by atoms with van der Waals surface area (Å²) in [5.74, 6) is 4.99. The second kappa shape index (κ2) is 6.60. The predicted octanol–water partition coefficient (Wildman–Crippen LogP) is 3.79. The molecule has 4 aliphatic rings. The summed E-state index contributed by atoms with van der Waals surface area (Å²) in [7, 11) is -3.42. The summed E-state index contributed by atoms with van der Waals surface area (Å²) < 4.78 is 26.6. The Bertz CT molecular complexity index is 1050. The fourth-order valence-electron chi connectivity index (χ4n) is 8.13. The lowest BCUT2D eigenvalue weighted by atomic mass is 9.44. The first kappa shape index (κ1) is 21.5. The van der Waals surface area contributed by atoms with Crippen LogP contribution in [0.2, 0.25) is 0 Å². The molecule has 0 bridgehead atoms. The van der Waals surface area contributed by atoms with Gasteiger partial charge in [-0.05, 0) is 99.9 Å². The molecule has 0 spiro atoms. The second-order valence-electron chi connectivity index (χ2n) is 11.6. The van der Waals surface area contributed by atoms with Gasteiger partial charge in [-0.25, -0.2) is 8.42 Å². The van der Waals surface area contributed by atoms with E-state index in [1.807, 2.05) is 0 Å². The van der Waals surface area contributed by atoms with Crippen molar-refractivity contribution in [3.8, 4) is 12.3 Å². The molecule has 0 amide bonds. The van der Waals surface area contributed by atoms with Gasteiger partial charge in [0.2, 0.25) is 0 Å². The van der Waals surface area contributed by atoms with Crippen molar-refractivity contribution >= 4 is 10.0 Å². The van der Waals surface area contributed by atoms with Crippen molar-refractivity contribution in [3.63, 3.8) is 0 Å². The highest BCUT2D eigenvalue weighted by atomic mass is 32.2. The van der Waals surface area contributed by atoms with Crippen molar-refractivity contribution in [1.29, 1.82) is 0 Å². The monoisotopic (exact) mass is 444 g/mol. The molecule has 1 heterocycles. The molecule has 6 heteroatoms. The summed E-state index contributed by atoms with van der Waals surface area (Å²) in [6.07, 6.45) is 15.6. The Morgan fingerprint density at radius 2 is 1.90 bits per heavy atom. The van der Waals surface area contributed by atoms with Gasteiger partial charge in [0.05, 0.1) is 10.9 Å². The van der Waals surface area contributed by atoms with Crippen LogP contribution in [0, 0.1) is 46.8 Å². The Balaban J connectivity index is 1.48. The van der Waals surface area contributed by atoms with E-state index >= 15 is 0 Å². The van der Waals surface area contributed by atoms with Gasteiger partial charge in [-0.2, -0.15) is 9.19 Å². The maximum atomic E-state index is 12.7. The van der Waals surface area contributed by atoms with Crippen LogP contribution in [0.3, 0.4) is 0 Å². The van der Waals surface area contributed by atoms with Crippen molar-refractivity contribution in [2.45, 2.75) is 89.9 Å². The molecular formula is C25H36N2O3S. The number of aliphatic hydroxyl groups is 1. The average Bonchev–Trinajstić information content (AvgIpc) is 3.24. The number of terminal acetylenes is 1. The van der Waals surface area contributed by atoms with E-state index in [-0.39, 0.29) is 10.8 Å². The van der Waals surface area contributed by atoms with Gasteiger partial charge in [-0.3, -0.25) is 0 Å². The van der Waals surface area contributed by atoms with E-state index in [9.17, 15) is 13.5 Å². The van der Waals surface area contributed by atoms with Crippen LogP contribution >= 0.6 is 0 Å². The first-order chi connectivity index (χ1) is 14.5. The van der Waals surface area contributed by atoms with Crippen LogP contribution in [-0.4, -0.2) is 33.6 Å². The van der Waals surface area contributed by atoms with Gasteiger partial charge in [0, 0.05) is 11.6 Å². The number of fused-ring (bicyclic) bond motifs is 6. The van der Waals surface area contributed by atoms with Crippen LogP contribution in [0.5, 0.6) is 0 Å². The average molecular weight is 445 g/mol. The zero-order valence-corrected chi connectivity index (χ0v) is 20.1. The minimum Gasteiger partial charge on any atom is -0.377 e. The molecule has 3 fully saturated rings. The number of aromatic nitrogens is 2. The minimum absolute atomic E-state index is 0.156. The number of hydrogen-bond acceptors (Lipinski definition) is 4.